The van der Waals surface area contributed by atoms with Gasteiger partial charge >= 0.3 is 6.03 Å². The zero-order valence-corrected chi connectivity index (χ0v) is 21.1. The quantitative estimate of drug-likeness (QED) is 0.511. The first-order valence-electron chi connectivity index (χ1n) is 12.6. The van der Waals surface area contributed by atoms with Crippen molar-refractivity contribution in [2.24, 2.45) is 0 Å². The summed E-state index contributed by atoms with van der Waals surface area (Å²) in [6, 6.07) is 16.3. The molecule has 0 bridgehead atoms. The van der Waals surface area contributed by atoms with Gasteiger partial charge in [0, 0.05) is 38.3 Å². The minimum Gasteiger partial charge on any atom is -0.489 e. The molecule has 0 radical (unpaired) electrons. The Labute approximate surface area is 208 Å². The van der Waals surface area contributed by atoms with Crippen LogP contribution in [0.15, 0.2) is 48.5 Å². The molecule has 6 nitrogen and oxygen atoms in total. The Bertz CT molecular complexity index is 946. The number of hydrogen-bond acceptors (Lipinski definition) is 4. The molecular weight excluding hydrogens is 448 g/mol. The summed E-state index contributed by atoms with van der Waals surface area (Å²) in [6.45, 7) is 8.29. The van der Waals surface area contributed by atoms with E-state index in [1.54, 1.807) is 6.07 Å². The van der Waals surface area contributed by atoms with Crippen LogP contribution in [0.1, 0.15) is 46.0 Å². The Kier molecular flexibility index (Phi) is 8.57. The first kappa shape index (κ1) is 24.7. The van der Waals surface area contributed by atoms with Crippen LogP contribution in [-0.4, -0.2) is 55.3 Å². The molecule has 2 amide bonds. The molecule has 1 aliphatic carbocycles. The Morgan fingerprint density at radius 1 is 0.971 bits per heavy atom. The molecule has 34 heavy (non-hydrogen) atoms. The van der Waals surface area contributed by atoms with E-state index in [4.69, 9.17) is 16.3 Å². The first-order valence-corrected chi connectivity index (χ1v) is 12.9. The van der Waals surface area contributed by atoms with Crippen LogP contribution in [0.5, 0.6) is 5.75 Å². The normalized spacial score (nSPS) is 21.7. The smallest absolute Gasteiger partial charge is 0.319 e. The van der Waals surface area contributed by atoms with Crippen LogP contribution in [0.4, 0.5) is 16.2 Å². The third kappa shape index (κ3) is 6.57. The zero-order chi connectivity index (χ0) is 23.9. The monoisotopic (exact) mass is 484 g/mol. The Hall–Kier alpha value is -2.44. The summed E-state index contributed by atoms with van der Waals surface area (Å²) in [5, 5.41) is 6.59. The molecule has 7 heteroatoms. The standard InChI is InChI=1S/C27H37ClN4O2/c1-20(2)34-26-13-6-5-12-25(26)32-18-16-31(17-19-32)22-9-7-8-21(14-15-22)29-27(33)30-24-11-4-3-10-23(24)28/h3-6,10-13,20-22H,7-9,14-19H2,1-2H3,(H2,29,30,33)/t21-,22+/m0/s1. The fourth-order valence-electron chi connectivity index (χ4n) is 5.10. The molecule has 1 saturated carbocycles. The van der Waals surface area contributed by atoms with E-state index in [1.807, 2.05) is 24.3 Å². The number of urea groups is 1. The molecule has 0 spiro atoms. The lowest BCUT2D eigenvalue weighted by Gasteiger charge is -2.40. The number of halogens is 1. The highest BCUT2D eigenvalue weighted by Crippen LogP contribution is 2.31. The lowest BCUT2D eigenvalue weighted by atomic mass is 10.1. The summed E-state index contributed by atoms with van der Waals surface area (Å²) in [6.07, 6.45) is 5.63. The molecule has 184 valence electrons. The van der Waals surface area contributed by atoms with Crippen molar-refractivity contribution < 1.29 is 9.53 Å². The van der Waals surface area contributed by atoms with Gasteiger partial charge in [-0.1, -0.05) is 35.9 Å². The van der Waals surface area contributed by atoms with Gasteiger partial charge in [-0.05, 0) is 70.2 Å². The van der Waals surface area contributed by atoms with Crippen LogP contribution < -0.4 is 20.3 Å². The van der Waals surface area contributed by atoms with Crippen molar-refractivity contribution in [1.29, 1.82) is 0 Å². The molecule has 2 N–H and O–H groups in total. The van der Waals surface area contributed by atoms with E-state index in [9.17, 15) is 4.79 Å². The van der Waals surface area contributed by atoms with Crippen molar-refractivity contribution in [1.82, 2.24) is 10.2 Å². The molecule has 0 unspecified atom stereocenters. The molecule has 2 aliphatic rings. The van der Waals surface area contributed by atoms with E-state index in [1.165, 1.54) is 12.1 Å². The molecule has 2 fully saturated rings. The third-order valence-corrected chi connectivity index (χ3v) is 7.12. The summed E-state index contributed by atoms with van der Waals surface area (Å²) >= 11 is 6.16. The minimum absolute atomic E-state index is 0.168. The van der Waals surface area contributed by atoms with Crippen LogP contribution in [0, 0.1) is 0 Å². The van der Waals surface area contributed by atoms with Crippen LogP contribution >= 0.6 is 11.6 Å². The topological polar surface area (TPSA) is 56.8 Å². The van der Waals surface area contributed by atoms with Crippen LogP contribution in [0.3, 0.4) is 0 Å². The first-order chi connectivity index (χ1) is 16.5. The van der Waals surface area contributed by atoms with E-state index in [0.717, 1.165) is 57.6 Å². The van der Waals surface area contributed by atoms with Crippen molar-refractivity contribution in [2.75, 3.05) is 36.4 Å². The highest BCUT2D eigenvalue weighted by molar-refractivity contribution is 6.33. The van der Waals surface area contributed by atoms with E-state index in [-0.39, 0.29) is 18.2 Å². The van der Waals surface area contributed by atoms with Crippen molar-refractivity contribution >= 4 is 29.0 Å². The number of amides is 2. The van der Waals surface area contributed by atoms with Gasteiger partial charge in [0.05, 0.1) is 22.5 Å². The van der Waals surface area contributed by atoms with Crippen LogP contribution in [0.2, 0.25) is 5.02 Å². The molecule has 2 aromatic carbocycles. The van der Waals surface area contributed by atoms with Gasteiger partial charge in [-0.3, -0.25) is 4.90 Å². The lowest BCUT2D eigenvalue weighted by Crippen LogP contribution is -2.50. The number of nitrogens with one attached hydrogen (secondary N) is 2. The van der Waals surface area contributed by atoms with Gasteiger partial charge in [0.2, 0.25) is 0 Å². The highest BCUT2D eigenvalue weighted by Gasteiger charge is 2.28. The summed E-state index contributed by atoms with van der Waals surface area (Å²) < 4.78 is 6.04. The number of nitrogens with zero attached hydrogens (tertiary/aromatic N) is 2. The van der Waals surface area contributed by atoms with Gasteiger partial charge in [-0.25, -0.2) is 4.79 Å². The zero-order valence-electron chi connectivity index (χ0n) is 20.3. The Morgan fingerprint density at radius 3 is 2.47 bits per heavy atom. The van der Waals surface area contributed by atoms with Crippen LogP contribution in [0.25, 0.3) is 0 Å². The maximum absolute atomic E-state index is 12.5. The Morgan fingerprint density at radius 2 is 1.71 bits per heavy atom. The summed E-state index contributed by atoms with van der Waals surface area (Å²) in [5.74, 6) is 0.976. The van der Waals surface area contributed by atoms with Crippen molar-refractivity contribution in [3.8, 4) is 5.75 Å². The second-order valence-electron chi connectivity index (χ2n) is 9.59. The molecule has 1 aliphatic heterocycles. The average molecular weight is 485 g/mol. The SMILES string of the molecule is CC(C)Oc1ccccc1N1CCN([C@@H]2CCC[C@H](NC(=O)Nc3ccccc3Cl)CC2)CC1. The van der Waals surface area contributed by atoms with E-state index in [2.05, 4.69) is 52.5 Å². The summed E-state index contributed by atoms with van der Waals surface area (Å²) in [7, 11) is 0. The molecule has 4 rings (SSSR count). The van der Waals surface area contributed by atoms with E-state index < -0.39 is 0 Å². The van der Waals surface area contributed by atoms with Crippen molar-refractivity contribution in [2.45, 2.75) is 64.1 Å². The maximum atomic E-state index is 12.5. The number of carbonyl (C=O) groups excluding carboxylic acids is 1. The number of piperazine rings is 1. The lowest BCUT2D eigenvalue weighted by molar-refractivity contribution is 0.167. The van der Waals surface area contributed by atoms with Gasteiger partial charge in [0.25, 0.3) is 0 Å². The van der Waals surface area contributed by atoms with Crippen molar-refractivity contribution in [3.05, 3.63) is 53.6 Å². The second kappa shape index (κ2) is 11.8. The highest BCUT2D eigenvalue weighted by atomic mass is 35.5. The fourth-order valence-corrected chi connectivity index (χ4v) is 5.28. The second-order valence-corrected chi connectivity index (χ2v) is 10.0. The summed E-state index contributed by atoms with van der Waals surface area (Å²) in [4.78, 5) is 17.6. The minimum atomic E-state index is -0.174. The van der Waals surface area contributed by atoms with Gasteiger partial charge < -0.3 is 20.3 Å². The van der Waals surface area contributed by atoms with Crippen molar-refractivity contribution in [3.63, 3.8) is 0 Å². The fraction of sp³-hybridized carbons (Fsp3) is 0.519. The predicted octanol–water partition coefficient (Wildman–Crippen LogP) is 5.77. The molecule has 0 aromatic heterocycles. The number of rotatable bonds is 6. The van der Waals surface area contributed by atoms with Gasteiger partial charge in [-0.15, -0.1) is 0 Å². The largest absolute Gasteiger partial charge is 0.489 e. The average Bonchev–Trinajstić information content (AvgIpc) is 3.06. The molecular formula is C27H37ClN4O2. The number of hydrogen-bond donors (Lipinski definition) is 2. The number of para-hydroxylation sites is 3. The molecule has 2 aromatic rings. The van der Waals surface area contributed by atoms with Gasteiger partial charge in [0.15, 0.2) is 0 Å². The molecule has 1 saturated heterocycles. The maximum Gasteiger partial charge on any atom is 0.319 e. The number of carbonyl (C=O) groups is 1. The predicted molar refractivity (Wildman–Crippen MR) is 140 cm³/mol. The van der Waals surface area contributed by atoms with Gasteiger partial charge in [-0.2, -0.15) is 0 Å². The molecule has 2 atom stereocenters. The number of benzene rings is 2. The summed E-state index contributed by atoms with van der Waals surface area (Å²) in [5.41, 5.74) is 1.84. The van der Waals surface area contributed by atoms with E-state index in [0.29, 0.717) is 16.8 Å². The molecule has 1 heterocycles. The van der Waals surface area contributed by atoms with Gasteiger partial charge in [0.1, 0.15) is 5.75 Å². The number of anilines is 2. The number of ether oxygens (including phenoxy) is 1. The third-order valence-electron chi connectivity index (χ3n) is 6.79. The Balaban J connectivity index is 1.25. The van der Waals surface area contributed by atoms with Crippen LogP contribution in [-0.2, 0) is 0 Å². The van der Waals surface area contributed by atoms with E-state index >= 15 is 0 Å².